The Bertz CT molecular complexity index is 873. The molecule has 0 radical (unpaired) electrons. The third-order valence-electron chi connectivity index (χ3n) is 4.22. The van der Waals surface area contributed by atoms with Gasteiger partial charge >= 0.3 is 0 Å². The molecule has 5 heteroatoms. The quantitative estimate of drug-likeness (QED) is 0.658. The average Bonchev–Trinajstić information content (AvgIpc) is 2.70. The number of aromatic nitrogens is 1. The molecule has 2 aromatic carbocycles. The first-order valence-electron chi connectivity index (χ1n) is 8.85. The topological polar surface area (TPSA) is 63.2 Å². The minimum Gasteiger partial charge on any atom is -0.497 e. The van der Waals surface area contributed by atoms with Gasteiger partial charge < -0.3 is 15.4 Å². The first-order chi connectivity index (χ1) is 13.1. The summed E-state index contributed by atoms with van der Waals surface area (Å²) in [6, 6.07) is 19.2. The molecule has 0 aliphatic heterocycles. The van der Waals surface area contributed by atoms with Crippen molar-refractivity contribution in [3.8, 4) is 5.75 Å². The summed E-state index contributed by atoms with van der Waals surface area (Å²) in [6.07, 6.45) is 2.62. The second-order valence-corrected chi connectivity index (χ2v) is 6.28. The fraction of sp³-hybridized carbons (Fsp3) is 0.182. The van der Waals surface area contributed by atoms with Gasteiger partial charge in [0.05, 0.1) is 19.0 Å². The Morgan fingerprint density at radius 2 is 1.74 bits per heavy atom. The number of hydrogen-bond donors (Lipinski definition) is 2. The Labute approximate surface area is 159 Å². The van der Waals surface area contributed by atoms with Gasteiger partial charge in [0.2, 0.25) is 0 Å². The second-order valence-electron chi connectivity index (χ2n) is 6.28. The predicted molar refractivity (Wildman–Crippen MR) is 109 cm³/mol. The molecule has 138 valence electrons. The van der Waals surface area contributed by atoms with E-state index in [1.165, 1.54) is 5.56 Å². The maximum atomic E-state index is 12.2. The van der Waals surface area contributed by atoms with Crippen molar-refractivity contribution in [1.29, 1.82) is 0 Å². The van der Waals surface area contributed by atoms with Crippen molar-refractivity contribution in [1.82, 2.24) is 4.98 Å². The van der Waals surface area contributed by atoms with Crippen LogP contribution in [0.1, 0.15) is 21.5 Å². The summed E-state index contributed by atoms with van der Waals surface area (Å²) in [4.78, 5) is 16.5. The van der Waals surface area contributed by atoms with Crippen LogP contribution in [0.25, 0.3) is 0 Å². The largest absolute Gasteiger partial charge is 0.497 e. The van der Waals surface area contributed by atoms with Crippen molar-refractivity contribution in [2.45, 2.75) is 13.3 Å². The van der Waals surface area contributed by atoms with Crippen LogP contribution < -0.4 is 15.4 Å². The molecule has 3 aromatic rings. The Morgan fingerprint density at radius 1 is 1.00 bits per heavy atom. The Hall–Kier alpha value is -3.34. The van der Waals surface area contributed by atoms with Crippen LogP contribution in [0.4, 0.5) is 11.5 Å². The number of ether oxygens (including phenoxy) is 1. The second kappa shape index (κ2) is 8.85. The third kappa shape index (κ3) is 5.31. The van der Waals surface area contributed by atoms with Gasteiger partial charge in [-0.2, -0.15) is 0 Å². The van der Waals surface area contributed by atoms with Gasteiger partial charge in [-0.3, -0.25) is 4.79 Å². The fourth-order valence-corrected chi connectivity index (χ4v) is 2.61. The minimum absolute atomic E-state index is 0.164. The van der Waals surface area contributed by atoms with Gasteiger partial charge in [0.25, 0.3) is 5.91 Å². The zero-order valence-electron chi connectivity index (χ0n) is 15.5. The maximum absolute atomic E-state index is 12.2. The molecule has 3 rings (SSSR count). The van der Waals surface area contributed by atoms with Gasteiger partial charge in [-0.1, -0.05) is 29.8 Å². The summed E-state index contributed by atoms with van der Waals surface area (Å²) in [5.74, 6) is 1.23. The lowest BCUT2D eigenvalue weighted by atomic mass is 10.1. The highest BCUT2D eigenvalue weighted by atomic mass is 16.5. The standard InChI is InChI=1S/C22H23N3O2/c1-16-3-7-18(8-4-16)22(26)25-21-12-9-19(15-24-21)23-14-13-17-5-10-20(27-2)11-6-17/h3-12,15,23H,13-14H2,1-2H3,(H,24,25,26). The van der Waals surface area contributed by atoms with E-state index in [1.54, 1.807) is 31.5 Å². The van der Waals surface area contributed by atoms with Crippen LogP contribution in [0.2, 0.25) is 0 Å². The van der Waals surface area contributed by atoms with E-state index in [-0.39, 0.29) is 5.91 Å². The third-order valence-corrected chi connectivity index (χ3v) is 4.22. The Balaban J connectivity index is 1.49. The maximum Gasteiger partial charge on any atom is 0.256 e. The summed E-state index contributed by atoms with van der Waals surface area (Å²) in [6.45, 7) is 2.78. The molecule has 1 heterocycles. The monoisotopic (exact) mass is 361 g/mol. The number of aryl methyl sites for hydroxylation is 1. The lowest BCUT2D eigenvalue weighted by molar-refractivity contribution is 0.102. The van der Waals surface area contributed by atoms with Gasteiger partial charge in [0.1, 0.15) is 11.6 Å². The summed E-state index contributed by atoms with van der Waals surface area (Å²) < 4.78 is 5.16. The van der Waals surface area contributed by atoms with Crippen molar-refractivity contribution in [2.24, 2.45) is 0 Å². The van der Waals surface area contributed by atoms with Crippen molar-refractivity contribution >= 4 is 17.4 Å². The van der Waals surface area contributed by atoms with Crippen molar-refractivity contribution in [3.05, 3.63) is 83.6 Å². The predicted octanol–water partition coefficient (Wildman–Crippen LogP) is 4.31. The number of carbonyl (C=O) groups excluding carboxylic acids is 1. The first-order valence-corrected chi connectivity index (χ1v) is 8.85. The lowest BCUT2D eigenvalue weighted by Gasteiger charge is -2.09. The number of amides is 1. The highest BCUT2D eigenvalue weighted by Crippen LogP contribution is 2.14. The van der Waals surface area contributed by atoms with E-state index in [2.05, 4.69) is 27.8 Å². The molecule has 1 aromatic heterocycles. The Kier molecular flexibility index (Phi) is 6.05. The number of nitrogens with one attached hydrogen (secondary N) is 2. The van der Waals surface area contributed by atoms with E-state index >= 15 is 0 Å². The van der Waals surface area contributed by atoms with Crippen molar-refractivity contribution in [2.75, 3.05) is 24.3 Å². The average molecular weight is 361 g/mol. The summed E-state index contributed by atoms with van der Waals surface area (Å²) in [5, 5.41) is 6.14. The molecule has 5 nitrogen and oxygen atoms in total. The van der Waals surface area contributed by atoms with Gasteiger partial charge in [-0.05, 0) is 55.3 Å². The van der Waals surface area contributed by atoms with E-state index in [1.807, 2.05) is 37.3 Å². The number of benzene rings is 2. The number of carbonyl (C=O) groups is 1. The molecule has 0 spiro atoms. The van der Waals surface area contributed by atoms with E-state index in [4.69, 9.17) is 4.74 Å². The normalized spacial score (nSPS) is 10.3. The number of pyridine rings is 1. The molecular formula is C22H23N3O2. The van der Waals surface area contributed by atoms with Crippen LogP contribution >= 0.6 is 0 Å². The SMILES string of the molecule is COc1ccc(CCNc2ccc(NC(=O)c3ccc(C)cc3)nc2)cc1. The molecule has 0 aliphatic rings. The number of rotatable bonds is 7. The number of methoxy groups -OCH3 is 1. The fourth-order valence-electron chi connectivity index (χ4n) is 2.61. The van der Waals surface area contributed by atoms with Gasteiger partial charge in [-0.25, -0.2) is 4.98 Å². The van der Waals surface area contributed by atoms with Crippen LogP contribution in [-0.2, 0) is 6.42 Å². The Morgan fingerprint density at radius 3 is 2.37 bits per heavy atom. The molecule has 0 aliphatic carbocycles. The first kappa shape index (κ1) is 18.5. The zero-order valence-corrected chi connectivity index (χ0v) is 15.5. The van der Waals surface area contributed by atoms with E-state index in [0.29, 0.717) is 11.4 Å². The molecule has 0 unspecified atom stereocenters. The molecule has 1 amide bonds. The van der Waals surface area contributed by atoms with Crippen LogP contribution in [0.15, 0.2) is 66.9 Å². The molecule has 0 atom stereocenters. The molecule has 2 N–H and O–H groups in total. The van der Waals surface area contributed by atoms with Gasteiger partial charge in [0.15, 0.2) is 0 Å². The van der Waals surface area contributed by atoms with Crippen LogP contribution in [-0.4, -0.2) is 24.5 Å². The van der Waals surface area contributed by atoms with E-state index in [0.717, 1.165) is 30.0 Å². The minimum atomic E-state index is -0.164. The lowest BCUT2D eigenvalue weighted by Crippen LogP contribution is -2.13. The zero-order chi connectivity index (χ0) is 19.1. The number of hydrogen-bond acceptors (Lipinski definition) is 4. The smallest absolute Gasteiger partial charge is 0.256 e. The number of nitrogens with zero attached hydrogens (tertiary/aromatic N) is 1. The molecule has 0 fully saturated rings. The molecular weight excluding hydrogens is 338 g/mol. The van der Waals surface area contributed by atoms with Gasteiger partial charge in [0, 0.05) is 12.1 Å². The highest BCUT2D eigenvalue weighted by Gasteiger charge is 2.06. The van der Waals surface area contributed by atoms with Crippen LogP contribution in [0.3, 0.4) is 0 Å². The van der Waals surface area contributed by atoms with Crippen LogP contribution in [0.5, 0.6) is 5.75 Å². The summed E-state index contributed by atoms with van der Waals surface area (Å²) in [5.41, 5.74) is 3.88. The molecule has 0 saturated carbocycles. The van der Waals surface area contributed by atoms with Crippen molar-refractivity contribution < 1.29 is 9.53 Å². The summed E-state index contributed by atoms with van der Waals surface area (Å²) in [7, 11) is 1.66. The van der Waals surface area contributed by atoms with Crippen molar-refractivity contribution in [3.63, 3.8) is 0 Å². The van der Waals surface area contributed by atoms with E-state index in [9.17, 15) is 4.79 Å². The molecule has 0 bridgehead atoms. The molecule has 0 saturated heterocycles. The summed E-state index contributed by atoms with van der Waals surface area (Å²) >= 11 is 0. The molecule has 27 heavy (non-hydrogen) atoms. The van der Waals surface area contributed by atoms with Gasteiger partial charge in [-0.15, -0.1) is 0 Å². The highest BCUT2D eigenvalue weighted by molar-refractivity contribution is 6.03. The number of anilines is 2. The van der Waals surface area contributed by atoms with Crippen LogP contribution in [0, 0.1) is 6.92 Å². The van der Waals surface area contributed by atoms with E-state index < -0.39 is 0 Å².